The Bertz CT molecular complexity index is 197. The van der Waals surface area contributed by atoms with E-state index in [4.69, 9.17) is 5.11 Å². The van der Waals surface area contributed by atoms with Gasteiger partial charge in [-0.1, -0.05) is 6.92 Å². The summed E-state index contributed by atoms with van der Waals surface area (Å²) in [5.41, 5.74) is -2.27. The summed E-state index contributed by atoms with van der Waals surface area (Å²) in [5.74, 6) is -5.64. The first-order chi connectivity index (χ1) is 5.88. The van der Waals surface area contributed by atoms with Gasteiger partial charge in [-0.05, 0) is 6.42 Å². The van der Waals surface area contributed by atoms with Crippen molar-refractivity contribution >= 4 is 0 Å². The Kier molecular flexibility index (Phi) is 2.58. The summed E-state index contributed by atoms with van der Waals surface area (Å²) >= 11 is 0. The fraction of sp³-hybridized carbons (Fsp3) is 1.00. The largest absolute Gasteiger partial charge is 0.387 e. The molecule has 1 aliphatic rings. The van der Waals surface area contributed by atoms with E-state index in [0.29, 0.717) is 0 Å². The molecular weight excluding hydrogens is 188 g/mol. The second-order valence-electron chi connectivity index (χ2n) is 3.49. The Morgan fingerprint density at radius 3 is 2.23 bits per heavy atom. The number of hydrogen-bond acceptors (Lipinski definition) is 1. The van der Waals surface area contributed by atoms with Gasteiger partial charge in [0.2, 0.25) is 0 Å². The van der Waals surface area contributed by atoms with Crippen LogP contribution in [0.15, 0.2) is 0 Å². The van der Waals surface area contributed by atoms with Crippen molar-refractivity contribution in [1.82, 2.24) is 0 Å². The second-order valence-corrected chi connectivity index (χ2v) is 3.49. The number of alkyl halides is 4. The molecule has 0 aromatic heterocycles. The lowest BCUT2D eigenvalue weighted by Gasteiger charge is -2.26. The van der Waals surface area contributed by atoms with Crippen LogP contribution in [0.2, 0.25) is 0 Å². The molecule has 3 atom stereocenters. The molecule has 1 N–H and O–H groups in total. The first kappa shape index (κ1) is 10.8. The molecule has 0 aromatic carbocycles. The van der Waals surface area contributed by atoms with Gasteiger partial charge in [-0.15, -0.1) is 0 Å². The van der Waals surface area contributed by atoms with Gasteiger partial charge < -0.3 is 5.11 Å². The maximum atomic E-state index is 13.6. The highest BCUT2D eigenvalue weighted by molar-refractivity contribution is 5.06. The van der Waals surface area contributed by atoms with Crippen LogP contribution in [-0.4, -0.2) is 29.5 Å². The third kappa shape index (κ3) is 1.43. The molecule has 1 rings (SSSR count). The highest BCUT2D eigenvalue weighted by Gasteiger charge is 2.64. The fourth-order valence-electron chi connectivity index (χ4n) is 1.81. The Morgan fingerprint density at radius 1 is 1.38 bits per heavy atom. The molecule has 78 valence electrons. The van der Waals surface area contributed by atoms with E-state index in [-0.39, 0.29) is 6.42 Å². The molecule has 0 spiro atoms. The average Bonchev–Trinajstić information content (AvgIpc) is 2.20. The Labute approximate surface area is 73.7 Å². The first-order valence-corrected chi connectivity index (χ1v) is 4.19. The van der Waals surface area contributed by atoms with Crippen molar-refractivity contribution < 1.29 is 22.7 Å². The van der Waals surface area contributed by atoms with Crippen LogP contribution in [0.5, 0.6) is 0 Å². The summed E-state index contributed by atoms with van der Waals surface area (Å²) in [4.78, 5) is 0. The standard InChI is InChI=1S/C8H12F4O/c1-2-7(10)3-6(13)8(11,12)5(7)4-9/h5-6,13H,2-4H2,1H3. The SMILES string of the molecule is CCC1(F)CC(O)C(F)(F)C1CF. The molecule has 0 radical (unpaired) electrons. The number of rotatable bonds is 2. The molecule has 13 heavy (non-hydrogen) atoms. The fourth-order valence-corrected chi connectivity index (χ4v) is 1.81. The second kappa shape index (κ2) is 3.12. The molecule has 1 nitrogen and oxygen atoms in total. The van der Waals surface area contributed by atoms with E-state index >= 15 is 0 Å². The maximum Gasteiger partial charge on any atom is 0.281 e. The van der Waals surface area contributed by atoms with Gasteiger partial charge in [0.05, 0.1) is 5.92 Å². The normalized spacial score (nSPS) is 43.8. The van der Waals surface area contributed by atoms with Gasteiger partial charge in [-0.3, -0.25) is 4.39 Å². The van der Waals surface area contributed by atoms with Crippen LogP contribution in [0, 0.1) is 5.92 Å². The van der Waals surface area contributed by atoms with Crippen LogP contribution in [0.3, 0.4) is 0 Å². The molecular formula is C8H12F4O. The molecule has 0 aromatic rings. The highest BCUT2D eigenvalue weighted by atomic mass is 19.3. The minimum Gasteiger partial charge on any atom is -0.387 e. The lowest BCUT2D eigenvalue weighted by molar-refractivity contribution is -0.130. The average molecular weight is 200 g/mol. The minimum absolute atomic E-state index is 0.200. The summed E-state index contributed by atoms with van der Waals surface area (Å²) < 4.78 is 51.7. The predicted octanol–water partition coefficient (Wildman–Crippen LogP) is 2.09. The van der Waals surface area contributed by atoms with Crippen molar-refractivity contribution in [2.75, 3.05) is 6.67 Å². The van der Waals surface area contributed by atoms with Crippen LogP contribution in [0.25, 0.3) is 0 Å². The zero-order chi connectivity index (χ0) is 10.3. The summed E-state index contributed by atoms with van der Waals surface area (Å²) in [6, 6.07) is 0. The lowest BCUT2D eigenvalue weighted by atomic mass is 9.90. The van der Waals surface area contributed by atoms with Gasteiger partial charge >= 0.3 is 0 Å². The quantitative estimate of drug-likeness (QED) is 0.677. The molecule has 1 fully saturated rings. The third-order valence-corrected chi connectivity index (χ3v) is 2.81. The Hall–Kier alpha value is -0.320. The molecule has 1 saturated carbocycles. The maximum absolute atomic E-state index is 13.6. The molecule has 3 unspecified atom stereocenters. The summed E-state index contributed by atoms with van der Waals surface area (Å²) in [6.07, 6.45) is -2.93. The molecule has 0 saturated heterocycles. The third-order valence-electron chi connectivity index (χ3n) is 2.81. The van der Waals surface area contributed by atoms with Crippen molar-refractivity contribution in [2.24, 2.45) is 5.92 Å². The molecule has 0 amide bonds. The van der Waals surface area contributed by atoms with E-state index in [1.165, 1.54) is 6.92 Å². The van der Waals surface area contributed by atoms with Crippen LogP contribution in [0.4, 0.5) is 17.6 Å². The smallest absolute Gasteiger partial charge is 0.281 e. The van der Waals surface area contributed by atoms with E-state index in [1.54, 1.807) is 0 Å². The number of hydrogen-bond donors (Lipinski definition) is 1. The zero-order valence-electron chi connectivity index (χ0n) is 7.24. The molecule has 1 aliphatic carbocycles. The number of halogens is 4. The first-order valence-electron chi connectivity index (χ1n) is 4.19. The topological polar surface area (TPSA) is 20.2 Å². The van der Waals surface area contributed by atoms with E-state index in [0.717, 1.165) is 0 Å². The predicted molar refractivity (Wildman–Crippen MR) is 39.2 cm³/mol. The van der Waals surface area contributed by atoms with E-state index in [9.17, 15) is 17.6 Å². The van der Waals surface area contributed by atoms with Gasteiger partial charge in [0.15, 0.2) is 0 Å². The molecule has 0 heterocycles. The van der Waals surface area contributed by atoms with Gasteiger partial charge in [-0.25, -0.2) is 13.2 Å². The Morgan fingerprint density at radius 2 is 1.92 bits per heavy atom. The van der Waals surface area contributed by atoms with Gasteiger partial charge in [0.25, 0.3) is 5.92 Å². The molecule has 0 bridgehead atoms. The van der Waals surface area contributed by atoms with Gasteiger partial charge in [0.1, 0.15) is 18.4 Å². The van der Waals surface area contributed by atoms with Crippen molar-refractivity contribution in [3.63, 3.8) is 0 Å². The van der Waals surface area contributed by atoms with E-state index in [2.05, 4.69) is 0 Å². The van der Waals surface area contributed by atoms with Crippen LogP contribution in [0.1, 0.15) is 19.8 Å². The Balaban J connectivity index is 2.95. The lowest BCUT2D eigenvalue weighted by Crippen LogP contribution is -2.39. The van der Waals surface area contributed by atoms with Crippen molar-refractivity contribution in [1.29, 1.82) is 0 Å². The van der Waals surface area contributed by atoms with Gasteiger partial charge in [-0.2, -0.15) is 0 Å². The number of aliphatic hydroxyl groups is 1. The van der Waals surface area contributed by atoms with Gasteiger partial charge in [0, 0.05) is 6.42 Å². The number of aliphatic hydroxyl groups excluding tert-OH is 1. The van der Waals surface area contributed by atoms with E-state index < -0.39 is 36.7 Å². The van der Waals surface area contributed by atoms with Crippen molar-refractivity contribution in [2.45, 2.75) is 37.5 Å². The highest BCUT2D eigenvalue weighted by Crippen LogP contribution is 2.50. The van der Waals surface area contributed by atoms with Crippen molar-refractivity contribution in [3.8, 4) is 0 Å². The summed E-state index contributed by atoms with van der Waals surface area (Å²) in [5, 5.41) is 8.87. The van der Waals surface area contributed by atoms with Crippen molar-refractivity contribution in [3.05, 3.63) is 0 Å². The van der Waals surface area contributed by atoms with Crippen LogP contribution >= 0.6 is 0 Å². The zero-order valence-corrected chi connectivity index (χ0v) is 7.24. The molecule has 5 heteroatoms. The molecule has 0 aliphatic heterocycles. The monoisotopic (exact) mass is 200 g/mol. The van der Waals surface area contributed by atoms with Crippen LogP contribution in [-0.2, 0) is 0 Å². The van der Waals surface area contributed by atoms with Crippen LogP contribution < -0.4 is 0 Å². The minimum atomic E-state index is -3.64. The summed E-state index contributed by atoms with van der Waals surface area (Å²) in [6.45, 7) is -0.0643. The summed E-state index contributed by atoms with van der Waals surface area (Å²) in [7, 11) is 0. The van der Waals surface area contributed by atoms with E-state index in [1.807, 2.05) is 0 Å².